The van der Waals surface area contributed by atoms with Gasteiger partial charge in [-0.15, -0.1) is 0 Å². The van der Waals surface area contributed by atoms with Crippen LogP contribution in [0.25, 0.3) is 0 Å². The predicted molar refractivity (Wildman–Crippen MR) is 53.7 cm³/mol. The first-order valence-corrected chi connectivity index (χ1v) is 5.10. The highest BCUT2D eigenvalue weighted by atomic mass is 15.2. The van der Waals surface area contributed by atoms with E-state index in [9.17, 15) is 0 Å². The Morgan fingerprint density at radius 3 is 2.31 bits per heavy atom. The highest BCUT2D eigenvalue weighted by Gasteiger charge is 2.54. The highest BCUT2D eigenvalue weighted by molar-refractivity contribution is 5.30. The first kappa shape index (κ1) is 7.57. The van der Waals surface area contributed by atoms with E-state index < -0.39 is 0 Å². The van der Waals surface area contributed by atoms with Crippen LogP contribution in [0.1, 0.15) is 11.5 Å². The van der Waals surface area contributed by atoms with E-state index in [0.717, 1.165) is 17.8 Å². The van der Waals surface area contributed by atoms with Crippen molar-refractivity contribution in [1.82, 2.24) is 4.90 Å². The zero-order valence-electron chi connectivity index (χ0n) is 7.98. The number of likely N-dealkylation sites (tertiary alicyclic amines) is 1. The molecule has 1 saturated heterocycles. The van der Waals surface area contributed by atoms with Gasteiger partial charge in [-0.1, -0.05) is 30.3 Å². The van der Waals surface area contributed by atoms with Crippen molar-refractivity contribution >= 4 is 0 Å². The molecular formula is C12H15N. The third-order valence-corrected chi connectivity index (χ3v) is 3.56. The van der Waals surface area contributed by atoms with Crippen LogP contribution in [0.2, 0.25) is 0 Å². The summed E-state index contributed by atoms with van der Waals surface area (Å²) in [5.41, 5.74) is 1.56. The Kier molecular flexibility index (Phi) is 1.50. The van der Waals surface area contributed by atoms with E-state index in [-0.39, 0.29) is 0 Å². The Balaban J connectivity index is 1.79. The minimum absolute atomic E-state index is 0.886. The average molecular weight is 173 g/mol. The zero-order chi connectivity index (χ0) is 8.84. The van der Waals surface area contributed by atoms with E-state index in [4.69, 9.17) is 0 Å². The first-order chi connectivity index (χ1) is 6.36. The summed E-state index contributed by atoms with van der Waals surface area (Å²) in [5.74, 6) is 2.82. The molecule has 0 aromatic heterocycles. The molecule has 0 amide bonds. The van der Waals surface area contributed by atoms with Gasteiger partial charge >= 0.3 is 0 Å². The van der Waals surface area contributed by atoms with Gasteiger partial charge in [-0.2, -0.15) is 0 Å². The van der Waals surface area contributed by atoms with Crippen LogP contribution < -0.4 is 0 Å². The van der Waals surface area contributed by atoms with E-state index in [2.05, 4.69) is 42.3 Å². The molecule has 13 heavy (non-hydrogen) atoms. The second-order valence-electron chi connectivity index (χ2n) is 4.49. The summed E-state index contributed by atoms with van der Waals surface area (Å²) in [4.78, 5) is 2.45. The molecule has 1 heterocycles. The molecule has 1 aromatic rings. The Hall–Kier alpha value is -0.820. The molecule has 1 aromatic carbocycles. The molecule has 3 rings (SSSR count). The molecule has 0 bridgehead atoms. The largest absolute Gasteiger partial charge is 0.306 e. The topological polar surface area (TPSA) is 3.24 Å². The third-order valence-electron chi connectivity index (χ3n) is 3.56. The van der Waals surface area contributed by atoms with Crippen molar-refractivity contribution in [3.63, 3.8) is 0 Å². The summed E-state index contributed by atoms with van der Waals surface area (Å²) in [7, 11) is 2.23. The molecule has 68 valence electrons. The predicted octanol–water partition coefficient (Wildman–Crippen LogP) is 1.96. The SMILES string of the molecule is CN1C[C@@H]2[C@H](C1)[C@H]2c1ccccc1. The molecule has 1 nitrogen and oxygen atoms in total. The van der Waals surface area contributed by atoms with Gasteiger partial charge in [0.1, 0.15) is 0 Å². The van der Waals surface area contributed by atoms with E-state index >= 15 is 0 Å². The Morgan fingerprint density at radius 2 is 1.69 bits per heavy atom. The fourth-order valence-corrected chi connectivity index (χ4v) is 2.91. The van der Waals surface area contributed by atoms with Crippen molar-refractivity contribution in [3.05, 3.63) is 35.9 Å². The van der Waals surface area contributed by atoms with Crippen molar-refractivity contribution in [1.29, 1.82) is 0 Å². The van der Waals surface area contributed by atoms with E-state index in [0.29, 0.717) is 0 Å². The maximum absolute atomic E-state index is 2.45. The number of hydrogen-bond acceptors (Lipinski definition) is 1. The van der Waals surface area contributed by atoms with Crippen molar-refractivity contribution in [2.24, 2.45) is 11.8 Å². The molecule has 3 atom stereocenters. The van der Waals surface area contributed by atoms with Gasteiger partial charge in [-0.3, -0.25) is 0 Å². The molecule has 2 aliphatic rings. The van der Waals surface area contributed by atoms with E-state index in [1.807, 2.05) is 0 Å². The first-order valence-electron chi connectivity index (χ1n) is 5.10. The number of nitrogens with zero attached hydrogens (tertiary/aromatic N) is 1. The number of hydrogen-bond donors (Lipinski definition) is 0. The Labute approximate surface area is 79.4 Å². The van der Waals surface area contributed by atoms with Gasteiger partial charge in [0, 0.05) is 13.1 Å². The normalized spacial score (nSPS) is 37.5. The molecule has 1 aliphatic carbocycles. The lowest BCUT2D eigenvalue weighted by Gasteiger charge is -2.12. The smallest absolute Gasteiger partial charge is 0.00160 e. The van der Waals surface area contributed by atoms with Crippen LogP contribution in [0.5, 0.6) is 0 Å². The van der Waals surface area contributed by atoms with Crippen molar-refractivity contribution in [3.8, 4) is 0 Å². The lowest BCUT2D eigenvalue weighted by Crippen LogP contribution is -2.18. The van der Waals surface area contributed by atoms with E-state index in [1.165, 1.54) is 13.1 Å². The maximum Gasteiger partial charge on any atom is 0.00160 e. The second-order valence-corrected chi connectivity index (χ2v) is 4.49. The third kappa shape index (κ3) is 1.11. The molecule has 0 N–H and O–H groups in total. The summed E-state index contributed by atoms with van der Waals surface area (Å²) < 4.78 is 0. The second kappa shape index (κ2) is 2.58. The number of piperidine rings is 1. The minimum atomic E-state index is 0.886. The lowest BCUT2D eigenvalue weighted by molar-refractivity contribution is 0.363. The van der Waals surface area contributed by atoms with Gasteiger partial charge in [0.15, 0.2) is 0 Å². The summed E-state index contributed by atoms with van der Waals surface area (Å²) in [6.07, 6.45) is 0. The quantitative estimate of drug-likeness (QED) is 0.627. The van der Waals surface area contributed by atoms with Gasteiger partial charge in [-0.05, 0) is 30.4 Å². The van der Waals surface area contributed by atoms with Crippen LogP contribution in [0, 0.1) is 11.8 Å². The average Bonchev–Trinajstić information content (AvgIpc) is 2.66. The summed E-state index contributed by atoms with van der Waals surface area (Å²) in [6.45, 7) is 2.62. The van der Waals surface area contributed by atoms with Crippen molar-refractivity contribution in [2.75, 3.05) is 20.1 Å². The zero-order valence-corrected chi connectivity index (χ0v) is 7.98. The highest BCUT2D eigenvalue weighted by Crippen LogP contribution is 2.57. The van der Waals surface area contributed by atoms with Crippen LogP contribution in [0.3, 0.4) is 0 Å². The van der Waals surface area contributed by atoms with E-state index in [1.54, 1.807) is 5.56 Å². The molecular weight excluding hydrogens is 158 g/mol. The van der Waals surface area contributed by atoms with Crippen LogP contribution in [-0.4, -0.2) is 25.0 Å². The van der Waals surface area contributed by atoms with Crippen LogP contribution in [-0.2, 0) is 0 Å². The molecule has 0 unspecified atom stereocenters. The number of benzene rings is 1. The monoisotopic (exact) mass is 173 g/mol. The van der Waals surface area contributed by atoms with Crippen molar-refractivity contribution in [2.45, 2.75) is 5.92 Å². The Bertz CT molecular complexity index is 294. The number of rotatable bonds is 1. The summed E-state index contributed by atoms with van der Waals surface area (Å²) in [6, 6.07) is 11.0. The molecule has 1 aliphatic heterocycles. The fraction of sp³-hybridized carbons (Fsp3) is 0.500. The fourth-order valence-electron chi connectivity index (χ4n) is 2.91. The van der Waals surface area contributed by atoms with Crippen LogP contribution in [0.4, 0.5) is 0 Å². The molecule has 0 radical (unpaired) electrons. The van der Waals surface area contributed by atoms with Gasteiger partial charge in [-0.25, -0.2) is 0 Å². The standard InChI is InChI=1S/C12H15N/c1-13-7-10-11(8-13)12(10)9-5-3-2-4-6-9/h2-6,10-12H,7-8H2,1H3/t10-,11+,12+. The van der Waals surface area contributed by atoms with Crippen molar-refractivity contribution < 1.29 is 0 Å². The summed E-state index contributed by atoms with van der Waals surface area (Å²) >= 11 is 0. The maximum atomic E-state index is 2.45. The van der Waals surface area contributed by atoms with Gasteiger partial charge < -0.3 is 4.90 Å². The molecule has 0 spiro atoms. The van der Waals surface area contributed by atoms with Gasteiger partial charge in [0.2, 0.25) is 0 Å². The molecule has 1 heteroatoms. The molecule has 2 fully saturated rings. The van der Waals surface area contributed by atoms with Gasteiger partial charge in [0.05, 0.1) is 0 Å². The van der Waals surface area contributed by atoms with Gasteiger partial charge in [0.25, 0.3) is 0 Å². The van der Waals surface area contributed by atoms with Crippen LogP contribution >= 0.6 is 0 Å². The molecule has 1 saturated carbocycles. The summed E-state index contributed by atoms with van der Waals surface area (Å²) in [5, 5.41) is 0. The Morgan fingerprint density at radius 1 is 1.08 bits per heavy atom. The van der Waals surface area contributed by atoms with Crippen LogP contribution in [0.15, 0.2) is 30.3 Å². The lowest BCUT2D eigenvalue weighted by atomic mass is 10.1. The minimum Gasteiger partial charge on any atom is -0.306 e. The number of fused-ring (bicyclic) bond motifs is 1.